The molecule has 0 saturated carbocycles. The number of rotatable bonds is 5. The Kier molecular flexibility index (Phi) is 5.20. The first-order chi connectivity index (χ1) is 12.5. The molecule has 0 radical (unpaired) electrons. The number of likely N-dealkylation sites (tertiary alicyclic amines) is 1. The molecule has 8 nitrogen and oxygen atoms in total. The molecule has 1 saturated heterocycles. The summed E-state index contributed by atoms with van der Waals surface area (Å²) in [7, 11) is 0. The fourth-order valence-electron chi connectivity index (χ4n) is 3.32. The third kappa shape index (κ3) is 3.54. The van der Waals surface area contributed by atoms with Crippen LogP contribution in [0.5, 0.6) is 0 Å². The number of nitrogens with zero attached hydrogens (tertiary/aromatic N) is 2. The van der Waals surface area contributed by atoms with Gasteiger partial charge in [0, 0.05) is 26.2 Å². The van der Waals surface area contributed by atoms with E-state index in [1.807, 2.05) is 0 Å². The zero-order valence-electron chi connectivity index (χ0n) is 14.3. The number of imide groups is 1. The van der Waals surface area contributed by atoms with E-state index < -0.39 is 5.97 Å². The third-order valence-electron chi connectivity index (χ3n) is 4.84. The number of hydrogen-bond acceptors (Lipinski definition) is 4. The van der Waals surface area contributed by atoms with Crippen molar-refractivity contribution in [1.29, 1.82) is 0 Å². The summed E-state index contributed by atoms with van der Waals surface area (Å²) in [6, 6.07) is 6.48. The van der Waals surface area contributed by atoms with Crippen molar-refractivity contribution in [2.75, 3.05) is 26.2 Å². The van der Waals surface area contributed by atoms with Gasteiger partial charge in [-0.25, -0.2) is 4.79 Å². The second-order valence-corrected chi connectivity index (χ2v) is 6.49. The van der Waals surface area contributed by atoms with Crippen LogP contribution in [0.3, 0.4) is 0 Å². The molecule has 2 aliphatic rings. The van der Waals surface area contributed by atoms with E-state index in [4.69, 9.17) is 5.11 Å². The average Bonchev–Trinajstić information content (AvgIpc) is 2.90. The van der Waals surface area contributed by atoms with Crippen LogP contribution in [0.4, 0.5) is 4.79 Å². The highest BCUT2D eigenvalue weighted by atomic mass is 16.4. The van der Waals surface area contributed by atoms with Gasteiger partial charge >= 0.3 is 12.0 Å². The molecule has 0 spiro atoms. The van der Waals surface area contributed by atoms with Crippen molar-refractivity contribution < 1.29 is 24.3 Å². The van der Waals surface area contributed by atoms with Crippen LogP contribution in [-0.2, 0) is 4.79 Å². The molecular formula is C18H21N3O5. The first kappa shape index (κ1) is 17.9. The SMILES string of the molecule is O=C(O)C1CCN(C(=O)NCCCN2C(=O)c3ccccc3C2=O)CC1. The molecule has 8 heteroatoms. The first-order valence-electron chi connectivity index (χ1n) is 8.70. The van der Waals surface area contributed by atoms with E-state index in [0.29, 0.717) is 50.0 Å². The summed E-state index contributed by atoms with van der Waals surface area (Å²) in [5, 5.41) is 11.7. The molecule has 1 aromatic rings. The molecule has 138 valence electrons. The quantitative estimate of drug-likeness (QED) is 0.606. The molecular weight excluding hydrogens is 338 g/mol. The molecule has 1 fully saturated rings. The van der Waals surface area contributed by atoms with E-state index in [1.165, 1.54) is 4.90 Å². The zero-order valence-corrected chi connectivity index (χ0v) is 14.3. The predicted octanol–water partition coefficient (Wildman–Crippen LogP) is 1.18. The molecule has 0 atom stereocenters. The summed E-state index contributed by atoms with van der Waals surface area (Å²) in [5.41, 5.74) is 0.839. The highest BCUT2D eigenvalue weighted by Gasteiger charge is 2.34. The van der Waals surface area contributed by atoms with Gasteiger partial charge in [-0.05, 0) is 31.4 Å². The zero-order chi connectivity index (χ0) is 18.7. The van der Waals surface area contributed by atoms with Crippen LogP contribution >= 0.6 is 0 Å². The summed E-state index contributed by atoms with van der Waals surface area (Å²) in [6.07, 6.45) is 1.37. The highest BCUT2D eigenvalue weighted by Crippen LogP contribution is 2.22. The summed E-state index contributed by atoms with van der Waals surface area (Å²) < 4.78 is 0. The molecule has 0 aromatic heterocycles. The summed E-state index contributed by atoms with van der Waals surface area (Å²) in [5.74, 6) is -1.79. The molecule has 0 aliphatic carbocycles. The Morgan fingerprint density at radius 1 is 1.08 bits per heavy atom. The molecule has 0 unspecified atom stereocenters. The second kappa shape index (κ2) is 7.55. The largest absolute Gasteiger partial charge is 0.481 e. The van der Waals surface area contributed by atoms with E-state index in [2.05, 4.69) is 5.32 Å². The van der Waals surface area contributed by atoms with E-state index in [1.54, 1.807) is 29.2 Å². The number of carbonyl (C=O) groups excluding carboxylic acids is 3. The summed E-state index contributed by atoms with van der Waals surface area (Å²) in [4.78, 5) is 50.3. The normalized spacial score (nSPS) is 17.4. The maximum absolute atomic E-state index is 12.2. The van der Waals surface area contributed by atoms with Crippen molar-refractivity contribution in [3.05, 3.63) is 35.4 Å². The van der Waals surface area contributed by atoms with Gasteiger partial charge in [0.2, 0.25) is 0 Å². The Labute approximate surface area is 150 Å². The molecule has 3 rings (SSSR count). The van der Waals surface area contributed by atoms with Gasteiger partial charge in [-0.2, -0.15) is 0 Å². The van der Waals surface area contributed by atoms with Crippen molar-refractivity contribution >= 4 is 23.8 Å². The van der Waals surface area contributed by atoms with E-state index >= 15 is 0 Å². The molecule has 2 heterocycles. The number of amides is 4. The van der Waals surface area contributed by atoms with E-state index in [9.17, 15) is 19.2 Å². The minimum atomic E-state index is -0.814. The Balaban J connectivity index is 1.41. The molecule has 26 heavy (non-hydrogen) atoms. The van der Waals surface area contributed by atoms with Crippen LogP contribution in [0, 0.1) is 5.92 Å². The Bertz CT molecular complexity index is 705. The smallest absolute Gasteiger partial charge is 0.317 e. The lowest BCUT2D eigenvalue weighted by Gasteiger charge is -2.30. The number of benzene rings is 1. The van der Waals surface area contributed by atoms with Crippen LogP contribution in [0.15, 0.2) is 24.3 Å². The number of carboxylic acid groups (broad SMARTS) is 1. The fraction of sp³-hybridized carbons (Fsp3) is 0.444. The average molecular weight is 359 g/mol. The van der Waals surface area contributed by atoms with Gasteiger partial charge in [-0.15, -0.1) is 0 Å². The van der Waals surface area contributed by atoms with Crippen molar-refractivity contribution in [1.82, 2.24) is 15.1 Å². The summed E-state index contributed by atoms with van der Waals surface area (Å²) >= 11 is 0. The maximum Gasteiger partial charge on any atom is 0.317 e. The predicted molar refractivity (Wildman–Crippen MR) is 91.8 cm³/mol. The number of hydrogen-bond donors (Lipinski definition) is 2. The van der Waals surface area contributed by atoms with Crippen molar-refractivity contribution in [2.24, 2.45) is 5.92 Å². The lowest BCUT2D eigenvalue weighted by atomic mass is 9.97. The lowest BCUT2D eigenvalue weighted by Crippen LogP contribution is -2.46. The Morgan fingerprint density at radius 3 is 2.19 bits per heavy atom. The van der Waals surface area contributed by atoms with Crippen LogP contribution < -0.4 is 5.32 Å². The van der Waals surface area contributed by atoms with Gasteiger partial charge < -0.3 is 15.3 Å². The fourth-order valence-corrected chi connectivity index (χ4v) is 3.32. The number of piperidine rings is 1. The monoisotopic (exact) mass is 359 g/mol. The molecule has 0 bridgehead atoms. The Morgan fingerprint density at radius 2 is 1.65 bits per heavy atom. The van der Waals surface area contributed by atoms with Gasteiger partial charge in [0.1, 0.15) is 0 Å². The van der Waals surface area contributed by atoms with Gasteiger partial charge in [-0.3, -0.25) is 19.3 Å². The number of carbonyl (C=O) groups is 4. The van der Waals surface area contributed by atoms with Gasteiger partial charge in [0.05, 0.1) is 17.0 Å². The van der Waals surface area contributed by atoms with Gasteiger partial charge in [-0.1, -0.05) is 12.1 Å². The topological polar surface area (TPSA) is 107 Å². The number of urea groups is 1. The summed E-state index contributed by atoms with van der Waals surface area (Å²) in [6.45, 7) is 1.42. The second-order valence-electron chi connectivity index (χ2n) is 6.49. The molecule has 4 amide bonds. The molecule has 1 aromatic carbocycles. The number of carboxylic acids is 1. The first-order valence-corrected chi connectivity index (χ1v) is 8.70. The van der Waals surface area contributed by atoms with Crippen LogP contribution in [0.1, 0.15) is 40.0 Å². The van der Waals surface area contributed by atoms with Gasteiger partial charge in [0.25, 0.3) is 11.8 Å². The third-order valence-corrected chi connectivity index (χ3v) is 4.84. The van der Waals surface area contributed by atoms with Crippen molar-refractivity contribution in [2.45, 2.75) is 19.3 Å². The van der Waals surface area contributed by atoms with Crippen LogP contribution in [-0.4, -0.2) is 64.9 Å². The van der Waals surface area contributed by atoms with Crippen molar-refractivity contribution in [3.8, 4) is 0 Å². The highest BCUT2D eigenvalue weighted by molar-refractivity contribution is 6.21. The maximum atomic E-state index is 12.2. The number of fused-ring (bicyclic) bond motifs is 1. The molecule has 2 aliphatic heterocycles. The number of nitrogens with one attached hydrogen (secondary N) is 1. The van der Waals surface area contributed by atoms with Gasteiger partial charge in [0.15, 0.2) is 0 Å². The van der Waals surface area contributed by atoms with Crippen LogP contribution in [0.25, 0.3) is 0 Å². The van der Waals surface area contributed by atoms with E-state index in [-0.39, 0.29) is 30.3 Å². The standard InChI is InChI=1S/C18H21N3O5/c22-15-13-4-1-2-5-14(13)16(23)21(15)9-3-8-19-18(26)20-10-6-12(7-11-20)17(24)25/h1-2,4-5,12H,3,6-11H2,(H,19,26)(H,24,25). The minimum Gasteiger partial charge on any atom is -0.481 e. The van der Waals surface area contributed by atoms with E-state index in [0.717, 1.165) is 0 Å². The molecule has 2 N–H and O–H groups in total. The number of aliphatic carboxylic acids is 1. The van der Waals surface area contributed by atoms with Crippen molar-refractivity contribution in [3.63, 3.8) is 0 Å². The Hall–Kier alpha value is -2.90. The minimum absolute atomic E-state index is 0.240. The van der Waals surface area contributed by atoms with Crippen LogP contribution in [0.2, 0.25) is 0 Å². The lowest BCUT2D eigenvalue weighted by molar-refractivity contribution is -0.143.